The summed E-state index contributed by atoms with van der Waals surface area (Å²) in [6, 6.07) is 0. The number of carbonyl (C=O) groups is 1. The smallest absolute Gasteiger partial charge is 0.332 e. The minimum Gasteiger partial charge on any atom is -0.479 e. The van der Waals surface area contributed by atoms with Crippen molar-refractivity contribution in [2.45, 2.75) is 57.7 Å². The van der Waals surface area contributed by atoms with E-state index in [9.17, 15) is 9.90 Å². The lowest BCUT2D eigenvalue weighted by Gasteiger charge is -2.10. The average molecular weight is 204 g/mol. The van der Waals surface area contributed by atoms with Crippen LogP contribution in [0.15, 0.2) is 0 Å². The first kappa shape index (κ1) is 13.4. The first-order valence-corrected chi connectivity index (χ1v) is 5.16. The van der Waals surface area contributed by atoms with E-state index in [1.165, 1.54) is 0 Å². The maximum atomic E-state index is 10.2. The van der Waals surface area contributed by atoms with Crippen LogP contribution in [0.1, 0.15) is 45.4 Å². The number of carboxylic acid groups (broad SMARTS) is 1. The Kier molecular flexibility index (Phi) is 7.42. The molecule has 84 valence electrons. The number of carboxylic acids is 1. The third kappa shape index (κ3) is 6.86. The molecule has 2 unspecified atom stereocenters. The predicted molar refractivity (Wildman–Crippen MR) is 53.0 cm³/mol. The molecular weight excluding hydrogens is 184 g/mol. The largest absolute Gasteiger partial charge is 0.479 e. The maximum absolute atomic E-state index is 10.2. The molecule has 0 aromatic heterocycles. The van der Waals surface area contributed by atoms with Crippen LogP contribution in [0.2, 0.25) is 0 Å². The monoisotopic (exact) mass is 204 g/mol. The Morgan fingerprint density at radius 3 is 2.21 bits per heavy atom. The Morgan fingerprint density at radius 1 is 1.14 bits per heavy atom. The van der Waals surface area contributed by atoms with E-state index in [1.54, 1.807) is 0 Å². The quantitative estimate of drug-likeness (QED) is 0.554. The van der Waals surface area contributed by atoms with Crippen molar-refractivity contribution in [3.8, 4) is 0 Å². The molecule has 4 nitrogen and oxygen atoms in total. The highest BCUT2D eigenvalue weighted by Gasteiger charge is 2.13. The first-order chi connectivity index (χ1) is 6.57. The van der Waals surface area contributed by atoms with Gasteiger partial charge in [0.25, 0.3) is 0 Å². The summed E-state index contributed by atoms with van der Waals surface area (Å²) in [5, 5.41) is 26.7. The molecule has 2 atom stereocenters. The predicted octanol–water partition coefficient (Wildman–Crippen LogP) is 1.15. The molecule has 0 heterocycles. The number of aliphatic hydroxyl groups is 2. The number of aliphatic carboxylic acids is 1. The van der Waals surface area contributed by atoms with Crippen molar-refractivity contribution >= 4 is 5.97 Å². The molecule has 0 saturated heterocycles. The van der Waals surface area contributed by atoms with Crippen LogP contribution < -0.4 is 0 Å². The zero-order valence-electron chi connectivity index (χ0n) is 8.65. The fraction of sp³-hybridized carbons (Fsp3) is 0.900. The van der Waals surface area contributed by atoms with Crippen molar-refractivity contribution in [1.82, 2.24) is 0 Å². The highest BCUT2D eigenvalue weighted by Crippen LogP contribution is 2.09. The molecule has 0 bridgehead atoms. The Bertz CT molecular complexity index is 158. The van der Waals surface area contributed by atoms with Crippen LogP contribution in [0.5, 0.6) is 0 Å². The molecule has 0 fully saturated rings. The molecule has 0 aliphatic carbocycles. The van der Waals surface area contributed by atoms with Crippen LogP contribution >= 0.6 is 0 Å². The van der Waals surface area contributed by atoms with Gasteiger partial charge in [-0.2, -0.15) is 0 Å². The molecule has 0 radical (unpaired) electrons. The van der Waals surface area contributed by atoms with E-state index in [4.69, 9.17) is 10.2 Å². The third-order valence-electron chi connectivity index (χ3n) is 2.19. The van der Waals surface area contributed by atoms with E-state index in [-0.39, 0.29) is 12.5 Å². The summed E-state index contributed by atoms with van der Waals surface area (Å²) in [6.07, 6.45) is 2.52. The van der Waals surface area contributed by atoms with Gasteiger partial charge in [0.1, 0.15) is 0 Å². The standard InChI is InChI=1S/C10H20O4/c1-2-3-5-8(11)6-4-7-9(12)10(13)14/h8-9,11-12H,2-7H2,1H3,(H,13,14). The van der Waals surface area contributed by atoms with E-state index in [0.717, 1.165) is 19.3 Å². The van der Waals surface area contributed by atoms with Gasteiger partial charge in [-0.25, -0.2) is 4.79 Å². The lowest BCUT2D eigenvalue weighted by molar-refractivity contribution is -0.147. The van der Waals surface area contributed by atoms with E-state index < -0.39 is 12.1 Å². The second-order valence-electron chi connectivity index (χ2n) is 3.58. The molecule has 0 saturated carbocycles. The molecule has 14 heavy (non-hydrogen) atoms. The summed E-state index contributed by atoms with van der Waals surface area (Å²) in [4.78, 5) is 10.2. The van der Waals surface area contributed by atoms with Gasteiger partial charge in [-0.3, -0.25) is 0 Å². The molecule has 3 N–H and O–H groups in total. The molecule has 0 rings (SSSR count). The summed E-state index contributed by atoms with van der Waals surface area (Å²) in [5.74, 6) is -1.19. The summed E-state index contributed by atoms with van der Waals surface area (Å²) < 4.78 is 0. The van der Waals surface area contributed by atoms with Crippen LogP contribution in [0.4, 0.5) is 0 Å². The molecule has 0 aliphatic rings. The van der Waals surface area contributed by atoms with Gasteiger partial charge in [0.15, 0.2) is 6.10 Å². The normalized spacial score (nSPS) is 15.1. The minimum absolute atomic E-state index is 0.221. The van der Waals surface area contributed by atoms with Gasteiger partial charge in [0, 0.05) is 0 Å². The molecule has 0 amide bonds. The molecular formula is C10H20O4. The van der Waals surface area contributed by atoms with Crippen molar-refractivity contribution in [2.24, 2.45) is 0 Å². The molecule has 0 aliphatic heterocycles. The highest BCUT2D eigenvalue weighted by molar-refractivity contribution is 5.71. The maximum Gasteiger partial charge on any atom is 0.332 e. The number of hydrogen-bond acceptors (Lipinski definition) is 3. The summed E-state index contributed by atoms with van der Waals surface area (Å²) in [6.45, 7) is 2.06. The Hall–Kier alpha value is -0.610. The van der Waals surface area contributed by atoms with E-state index in [0.29, 0.717) is 12.8 Å². The second-order valence-corrected chi connectivity index (χ2v) is 3.58. The topological polar surface area (TPSA) is 77.8 Å². The zero-order chi connectivity index (χ0) is 11.0. The van der Waals surface area contributed by atoms with E-state index >= 15 is 0 Å². The fourth-order valence-corrected chi connectivity index (χ4v) is 1.25. The Morgan fingerprint density at radius 2 is 1.71 bits per heavy atom. The van der Waals surface area contributed by atoms with Crippen molar-refractivity contribution in [3.05, 3.63) is 0 Å². The van der Waals surface area contributed by atoms with Crippen molar-refractivity contribution in [2.75, 3.05) is 0 Å². The van der Waals surface area contributed by atoms with Crippen LogP contribution in [0.3, 0.4) is 0 Å². The van der Waals surface area contributed by atoms with Crippen LogP contribution in [0.25, 0.3) is 0 Å². The van der Waals surface area contributed by atoms with E-state index in [1.807, 2.05) is 0 Å². The number of unbranched alkanes of at least 4 members (excludes halogenated alkanes) is 1. The minimum atomic E-state index is -1.28. The number of aliphatic hydroxyl groups excluding tert-OH is 2. The Labute approximate surface area is 84.6 Å². The summed E-state index contributed by atoms with van der Waals surface area (Å²) in [5.41, 5.74) is 0. The van der Waals surface area contributed by atoms with Gasteiger partial charge < -0.3 is 15.3 Å². The molecule has 4 heteroatoms. The van der Waals surface area contributed by atoms with Crippen molar-refractivity contribution < 1.29 is 20.1 Å². The number of rotatable bonds is 8. The Balaban J connectivity index is 3.39. The van der Waals surface area contributed by atoms with Crippen LogP contribution in [-0.4, -0.2) is 33.5 Å². The average Bonchev–Trinajstić information content (AvgIpc) is 2.14. The van der Waals surface area contributed by atoms with Gasteiger partial charge in [0.05, 0.1) is 6.10 Å². The van der Waals surface area contributed by atoms with Crippen LogP contribution in [-0.2, 0) is 4.79 Å². The van der Waals surface area contributed by atoms with Gasteiger partial charge >= 0.3 is 5.97 Å². The second kappa shape index (κ2) is 7.76. The van der Waals surface area contributed by atoms with E-state index in [2.05, 4.69) is 6.92 Å². The van der Waals surface area contributed by atoms with Gasteiger partial charge in [-0.15, -0.1) is 0 Å². The third-order valence-corrected chi connectivity index (χ3v) is 2.19. The van der Waals surface area contributed by atoms with Gasteiger partial charge in [-0.05, 0) is 25.7 Å². The fourth-order valence-electron chi connectivity index (χ4n) is 1.25. The molecule has 0 aromatic rings. The summed E-state index contributed by atoms with van der Waals surface area (Å²) in [7, 11) is 0. The van der Waals surface area contributed by atoms with Crippen molar-refractivity contribution in [1.29, 1.82) is 0 Å². The zero-order valence-corrected chi connectivity index (χ0v) is 8.65. The molecule has 0 spiro atoms. The van der Waals surface area contributed by atoms with Gasteiger partial charge in [-0.1, -0.05) is 19.8 Å². The van der Waals surface area contributed by atoms with Crippen molar-refractivity contribution in [3.63, 3.8) is 0 Å². The summed E-state index contributed by atoms with van der Waals surface area (Å²) >= 11 is 0. The lowest BCUT2D eigenvalue weighted by atomic mass is 10.0. The van der Waals surface area contributed by atoms with Crippen LogP contribution in [0, 0.1) is 0 Å². The number of hydrogen-bond donors (Lipinski definition) is 3. The highest BCUT2D eigenvalue weighted by atomic mass is 16.4. The molecule has 0 aromatic carbocycles. The first-order valence-electron chi connectivity index (χ1n) is 5.16. The SMILES string of the molecule is CCCCC(O)CCCC(O)C(=O)O. The lowest BCUT2D eigenvalue weighted by Crippen LogP contribution is -2.19. The van der Waals surface area contributed by atoms with Gasteiger partial charge in [0.2, 0.25) is 0 Å².